The van der Waals surface area contributed by atoms with E-state index in [4.69, 9.17) is 10.5 Å². The highest BCUT2D eigenvalue weighted by Gasteiger charge is 2.41. The Morgan fingerprint density at radius 3 is 2.35 bits per heavy atom. The van der Waals surface area contributed by atoms with Crippen molar-refractivity contribution in [3.63, 3.8) is 0 Å². The molecule has 3 saturated heterocycles. The second-order valence-corrected chi connectivity index (χ2v) is 19.7. The Labute approximate surface area is 426 Å². The number of carbonyl (C=O) groups excluding carboxylic acids is 9. The second kappa shape index (κ2) is 27.9. The van der Waals surface area contributed by atoms with Gasteiger partial charge in [-0.1, -0.05) is 32.0 Å². The van der Waals surface area contributed by atoms with Gasteiger partial charge in [0, 0.05) is 54.8 Å². The minimum atomic E-state index is -1.58. The zero-order valence-corrected chi connectivity index (χ0v) is 42.8. The molecule has 398 valence electrons. The largest absolute Gasteiger partial charge is 0.454 e. The van der Waals surface area contributed by atoms with Gasteiger partial charge in [-0.2, -0.15) is 12.6 Å². The number of nitrogens with zero attached hydrogens (tertiary/aromatic N) is 3. The maximum absolute atomic E-state index is 14.4. The Morgan fingerprint density at radius 2 is 1.62 bits per heavy atom. The van der Waals surface area contributed by atoms with Crippen molar-refractivity contribution in [3.8, 4) is 0 Å². The van der Waals surface area contributed by atoms with E-state index in [1.807, 2.05) is 43.3 Å². The first kappa shape index (κ1) is 57.1. The number of aromatic amines is 1. The minimum absolute atomic E-state index is 0.000111. The Bertz CT molecular complexity index is 2230. The summed E-state index contributed by atoms with van der Waals surface area (Å²) < 4.78 is 5.66. The molecule has 0 aliphatic carbocycles. The molecule has 23 heteroatoms. The lowest BCUT2D eigenvalue weighted by Crippen LogP contribution is -2.60. The zero-order chi connectivity index (χ0) is 52.5. The van der Waals surface area contributed by atoms with Gasteiger partial charge in [-0.15, -0.1) is 0 Å². The van der Waals surface area contributed by atoms with E-state index in [-0.39, 0.29) is 70.0 Å². The van der Waals surface area contributed by atoms with Crippen molar-refractivity contribution in [1.29, 1.82) is 0 Å². The van der Waals surface area contributed by atoms with E-state index in [0.717, 1.165) is 10.9 Å². The topological polar surface area (TPSA) is 307 Å². The summed E-state index contributed by atoms with van der Waals surface area (Å²) in [6, 6.07) is -0.975. The molecule has 3 fully saturated rings. The number of likely N-dealkylation sites (tertiary alicyclic amines) is 1. The molecule has 8 unspecified atom stereocenters. The number of aromatic nitrogens is 1. The first-order valence-electron chi connectivity index (χ1n) is 25.2. The first-order valence-corrected chi connectivity index (χ1v) is 25.8. The monoisotopic (exact) mass is 1030 g/mol. The fraction of sp³-hybridized carbons (Fsp3) is 0.653. The number of para-hydroxylation sites is 1. The van der Waals surface area contributed by atoms with Gasteiger partial charge in [-0.05, 0) is 103 Å². The Balaban J connectivity index is 1.49. The van der Waals surface area contributed by atoms with Gasteiger partial charge in [-0.3, -0.25) is 48.5 Å². The number of aliphatic hydroxyl groups is 1. The molecule has 0 spiro atoms. The summed E-state index contributed by atoms with van der Waals surface area (Å²) in [6.45, 7) is 3.87. The van der Waals surface area contributed by atoms with Gasteiger partial charge in [0.15, 0.2) is 6.61 Å². The molecule has 0 radical (unpaired) electrons. The highest BCUT2D eigenvalue weighted by molar-refractivity contribution is 7.80. The van der Waals surface area contributed by atoms with Crippen molar-refractivity contribution < 1.29 is 53.0 Å². The summed E-state index contributed by atoms with van der Waals surface area (Å²) in [5.74, 6) is -6.28. The van der Waals surface area contributed by atoms with Crippen molar-refractivity contribution in [3.05, 3.63) is 36.0 Å². The molecular weight excluding hydrogens is 951 g/mol. The highest BCUT2D eigenvalue weighted by atomic mass is 32.1. The number of fused-ring (bicyclic) bond motifs is 2. The summed E-state index contributed by atoms with van der Waals surface area (Å²) in [6.07, 6.45) is 3.12. The first-order chi connectivity index (χ1) is 34.4. The maximum atomic E-state index is 14.4. The fourth-order valence-electron chi connectivity index (χ4n) is 9.36. The molecule has 0 bridgehead atoms. The average Bonchev–Trinajstić information content (AvgIpc) is 4.15. The Hall–Kier alpha value is -5.78. The molecular formula is C49H75N11O11S. The lowest BCUT2D eigenvalue weighted by atomic mass is 10.0. The lowest BCUT2D eigenvalue weighted by Gasteiger charge is -2.31. The molecule has 5 rings (SSSR count). The Morgan fingerprint density at radius 1 is 0.903 bits per heavy atom. The van der Waals surface area contributed by atoms with Crippen LogP contribution in [0.2, 0.25) is 0 Å². The van der Waals surface area contributed by atoms with Crippen LogP contribution in [0.5, 0.6) is 0 Å². The van der Waals surface area contributed by atoms with Crippen LogP contribution >= 0.6 is 12.6 Å². The quantitative estimate of drug-likeness (QED) is 0.0536. The third-order valence-corrected chi connectivity index (χ3v) is 14.1. The number of unbranched alkanes of at least 4 members (excludes halogenated alkanes) is 2. The number of hydrogen-bond donors (Lipinski definition) is 10. The zero-order valence-electron chi connectivity index (χ0n) is 41.9. The number of hydrogen-bond acceptors (Lipinski definition) is 14. The molecule has 1 aromatic carbocycles. The van der Waals surface area contributed by atoms with E-state index in [1.54, 1.807) is 20.0 Å². The summed E-state index contributed by atoms with van der Waals surface area (Å²) in [4.78, 5) is 132. The fourth-order valence-corrected chi connectivity index (χ4v) is 9.53. The van der Waals surface area contributed by atoms with Crippen LogP contribution < -0.4 is 37.6 Å². The molecule has 0 saturated carbocycles. The SMILES string of the molecule is CCC1NC(=O)CC(C(=O)N2CCCC2C(N)=O)NC(=O)C(CCCCNC(=O)C(C)CS)NC(=O)[C@@H]2CCCN2C(=O)COC(=O)C(Cc2c[nH]c3ccccc23)NC(O)C(CCCCN(C)C)NC1=O. The summed E-state index contributed by atoms with van der Waals surface area (Å²) in [5, 5.41) is 29.5. The number of carbonyl (C=O) groups is 9. The van der Waals surface area contributed by atoms with Crippen LogP contribution in [0.15, 0.2) is 30.5 Å². The van der Waals surface area contributed by atoms with Crippen LogP contribution in [0.25, 0.3) is 10.9 Å². The number of cyclic esters (lactones) is 1. The lowest BCUT2D eigenvalue weighted by molar-refractivity contribution is -0.155. The standard InChI is InChI=1S/C49H75N11O11S/c1-5-32-44(65)54-34(17-9-11-21-58(3)4)46(67)57-37(24-30-26-52-33-15-7-6-14-31(30)33)49(70)71-27-41(62)59-22-13-19-39(59)47(68)55-35(16-8-10-20-51-43(64)29(2)28-72)45(66)56-36(25-40(61)53-32)48(69)60-23-12-18-38(60)42(50)63/h6-7,14-15,26,29,32,34-39,46,52,57,67,72H,5,8-13,16-25,27-28H2,1-4H3,(H2,50,63)(H,51,64)(H,53,61)(H,54,65)(H,55,68)(H,56,66)/t29?,32?,34?,35?,36?,37?,38?,39-,46?/m0/s1. The molecule has 1 aromatic heterocycles. The highest BCUT2D eigenvalue weighted by Crippen LogP contribution is 2.23. The van der Waals surface area contributed by atoms with Gasteiger partial charge < -0.3 is 61.8 Å². The molecule has 4 heterocycles. The molecule has 22 nitrogen and oxygen atoms in total. The third kappa shape index (κ3) is 16.1. The van der Waals surface area contributed by atoms with E-state index >= 15 is 0 Å². The van der Waals surface area contributed by atoms with Crippen LogP contribution in [-0.2, 0) is 54.3 Å². The number of H-pyrrole nitrogens is 1. The van der Waals surface area contributed by atoms with Crippen molar-refractivity contribution in [1.82, 2.24) is 51.6 Å². The number of esters is 1. The predicted octanol–water partition coefficient (Wildman–Crippen LogP) is -0.665. The van der Waals surface area contributed by atoms with E-state index in [2.05, 4.69) is 49.5 Å². The second-order valence-electron chi connectivity index (χ2n) is 19.3. The van der Waals surface area contributed by atoms with E-state index < -0.39 is 109 Å². The van der Waals surface area contributed by atoms with Crippen molar-refractivity contribution in [2.24, 2.45) is 11.7 Å². The van der Waals surface area contributed by atoms with Gasteiger partial charge in [0.05, 0.1) is 12.5 Å². The van der Waals surface area contributed by atoms with E-state index in [9.17, 15) is 48.3 Å². The Kier molecular flexibility index (Phi) is 22.1. The summed E-state index contributed by atoms with van der Waals surface area (Å²) in [7, 11) is 3.84. The van der Waals surface area contributed by atoms with Crippen LogP contribution in [0.1, 0.15) is 96.5 Å². The number of rotatable bonds is 17. The van der Waals surface area contributed by atoms with Gasteiger partial charge in [0.1, 0.15) is 42.5 Å². The molecule has 8 amide bonds. The molecule has 10 N–H and O–H groups in total. The number of nitrogens with one attached hydrogen (secondary N) is 7. The van der Waals surface area contributed by atoms with E-state index in [1.165, 1.54) is 9.80 Å². The smallest absolute Gasteiger partial charge is 0.324 e. The van der Waals surface area contributed by atoms with Crippen LogP contribution in [-0.4, -0.2) is 179 Å². The minimum Gasteiger partial charge on any atom is -0.454 e. The van der Waals surface area contributed by atoms with Gasteiger partial charge >= 0.3 is 5.97 Å². The number of thiol groups is 1. The number of benzene rings is 1. The number of ether oxygens (including phenoxy) is 1. The van der Waals surface area contributed by atoms with Crippen molar-refractivity contribution >= 4 is 76.8 Å². The van der Waals surface area contributed by atoms with Crippen LogP contribution in [0, 0.1) is 5.92 Å². The third-order valence-electron chi connectivity index (χ3n) is 13.5. The molecule has 2 aromatic rings. The molecule has 9 atom stereocenters. The van der Waals surface area contributed by atoms with Crippen LogP contribution in [0.4, 0.5) is 0 Å². The summed E-state index contributed by atoms with van der Waals surface area (Å²) >= 11 is 4.18. The number of nitrogens with two attached hydrogens (primary N) is 1. The molecule has 3 aliphatic heterocycles. The molecule has 3 aliphatic rings. The predicted molar refractivity (Wildman–Crippen MR) is 269 cm³/mol. The average molecular weight is 1030 g/mol. The molecule has 72 heavy (non-hydrogen) atoms. The van der Waals surface area contributed by atoms with Gasteiger partial charge in [-0.25, -0.2) is 0 Å². The van der Waals surface area contributed by atoms with Crippen molar-refractivity contribution in [2.45, 2.75) is 146 Å². The normalized spacial score (nSPS) is 25.9. The number of amides is 8. The van der Waals surface area contributed by atoms with Crippen LogP contribution in [0.3, 0.4) is 0 Å². The number of primary amides is 1. The summed E-state index contributed by atoms with van der Waals surface area (Å²) in [5.41, 5.74) is 7.18. The number of aliphatic hydroxyl groups excluding tert-OH is 1. The van der Waals surface area contributed by atoms with Gasteiger partial charge in [0.2, 0.25) is 41.4 Å². The van der Waals surface area contributed by atoms with Crippen molar-refractivity contribution in [2.75, 3.05) is 52.6 Å². The maximum Gasteiger partial charge on any atom is 0.324 e. The van der Waals surface area contributed by atoms with E-state index in [0.29, 0.717) is 56.4 Å². The van der Waals surface area contributed by atoms with Gasteiger partial charge in [0.25, 0.3) is 5.91 Å².